The Balaban J connectivity index is 1.38. The summed E-state index contributed by atoms with van der Waals surface area (Å²) in [5, 5.41) is 5.94. The highest BCUT2D eigenvalue weighted by molar-refractivity contribution is 5.91. The summed E-state index contributed by atoms with van der Waals surface area (Å²) in [5.41, 5.74) is 11.0. The summed E-state index contributed by atoms with van der Waals surface area (Å²) in [7, 11) is 0. The zero-order chi connectivity index (χ0) is 26.1. The first-order valence-corrected chi connectivity index (χ1v) is 12.8. The second-order valence-corrected chi connectivity index (χ2v) is 9.50. The van der Waals surface area contributed by atoms with Crippen LogP contribution in [0.2, 0.25) is 0 Å². The van der Waals surface area contributed by atoms with Crippen LogP contribution in [0.3, 0.4) is 0 Å². The molecular formula is C34H28N4. The van der Waals surface area contributed by atoms with Gasteiger partial charge < -0.3 is 0 Å². The minimum absolute atomic E-state index is 0.711. The monoisotopic (exact) mass is 492 g/mol. The predicted octanol–water partition coefficient (Wildman–Crippen LogP) is 8.32. The molecule has 0 aliphatic heterocycles. The molecule has 38 heavy (non-hydrogen) atoms. The van der Waals surface area contributed by atoms with Crippen LogP contribution in [0, 0.1) is 6.92 Å². The third-order valence-electron chi connectivity index (χ3n) is 7.04. The summed E-state index contributed by atoms with van der Waals surface area (Å²) >= 11 is 0. The number of hydrogen-bond donors (Lipinski definition) is 0. The smallest absolute Gasteiger partial charge is 0.182 e. The molecule has 0 saturated carbocycles. The van der Waals surface area contributed by atoms with Crippen LogP contribution in [-0.2, 0) is 0 Å². The van der Waals surface area contributed by atoms with Crippen molar-refractivity contribution in [1.29, 1.82) is 0 Å². The Bertz CT molecular complexity index is 1820. The van der Waals surface area contributed by atoms with Gasteiger partial charge in [0.05, 0.1) is 5.52 Å². The fourth-order valence-corrected chi connectivity index (χ4v) is 4.82. The van der Waals surface area contributed by atoms with E-state index in [1.807, 2.05) is 47.2 Å². The number of rotatable bonds is 5. The summed E-state index contributed by atoms with van der Waals surface area (Å²) in [6.45, 7) is 6.36. The average molecular weight is 493 g/mol. The zero-order valence-electron chi connectivity index (χ0n) is 21.8. The maximum absolute atomic E-state index is 4.79. The molecule has 0 aliphatic carbocycles. The van der Waals surface area contributed by atoms with Crippen molar-refractivity contribution in [3.63, 3.8) is 0 Å². The molecule has 0 radical (unpaired) electrons. The van der Waals surface area contributed by atoms with Crippen LogP contribution in [0.5, 0.6) is 0 Å². The van der Waals surface area contributed by atoms with Crippen LogP contribution in [0.1, 0.15) is 30.5 Å². The van der Waals surface area contributed by atoms with Crippen LogP contribution >= 0.6 is 0 Å². The first-order valence-electron chi connectivity index (χ1n) is 12.8. The molecular weight excluding hydrogens is 464 g/mol. The minimum Gasteiger partial charge on any atom is -0.256 e. The molecule has 0 spiro atoms. The number of allylic oxidation sites excluding steroid dienone is 3. The zero-order valence-corrected chi connectivity index (χ0v) is 21.8. The van der Waals surface area contributed by atoms with Crippen LogP contribution < -0.4 is 0 Å². The Kier molecular flexibility index (Phi) is 6.14. The molecule has 6 rings (SSSR count). The van der Waals surface area contributed by atoms with Crippen molar-refractivity contribution in [2.45, 2.75) is 20.8 Å². The molecule has 3 aromatic heterocycles. The highest BCUT2D eigenvalue weighted by atomic mass is 15.3. The summed E-state index contributed by atoms with van der Waals surface area (Å²) in [5.74, 6) is 0.711. The molecule has 6 aromatic rings. The molecule has 0 atom stereocenters. The van der Waals surface area contributed by atoms with E-state index in [0.29, 0.717) is 5.82 Å². The number of hydrogen-bond acceptors (Lipinski definition) is 3. The van der Waals surface area contributed by atoms with Gasteiger partial charge in [0.15, 0.2) is 11.5 Å². The average Bonchev–Trinajstić information content (AvgIpc) is 3.41. The highest BCUT2D eigenvalue weighted by Gasteiger charge is 2.13. The molecule has 0 N–H and O–H groups in total. The molecule has 184 valence electrons. The Hall–Kier alpha value is -4.83. The van der Waals surface area contributed by atoms with Crippen molar-refractivity contribution < 1.29 is 0 Å². The van der Waals surface area contributed by atoms with Crippen LogP contribution in [0.4, 0.5) is 0 Å². The van der Waals surface area contributed by atoms with Gasteiger partial charge in [-0.05, 0) is 66.8 Å². The van der Waals surface area contributed by atoms with Gasteiger partial charge in [-0.1, -0.05) is 90.5 Å². The topological polar surface area (TPSA) is 43.1 Å². The Morgan fingerprint density at radius 2 is 1.58 bits per heavy atom. The quantitative estimate of drug-likeness (QED) is 0.227. The standard InChI is InChI=1S/C34H28N4/c1-4-23(2)21-31(30-18-16-27-11-8-20-35-33(27)24(30)3)26-12-14-28(15-13-26)34-36-32-19-17-29(22-38(32)37-34)25-9-6-5-7-10-25/h4-22H,1-3H3/b23-4+,31-21-. The molecule has 0 saturated heterocycles. The largest absolute Gasteiger partial charge is 0.256 e. The second kappa shape index (κ2) is 9.91. The second-order valence-electron chi connectivity index (χ2n) is 9.50. The van der Waals surface area contributed by atoms with Gasteiger partial charge in [0.1, 0.15) is 0 Å². The molecule has 3 heterocycles. The summed E-state index contributed by atoms with van der Waals surface area (Å²) in [6, 6.07) is 31.4. The van der Waals surface area contributed by atoms with Crippen molar-refractivity contribution >= 4 is 22.1 Å². The molecule has 0 aliphatic rings. The van der Waals surface area contributed by atoms with Crippen molar-refractivity contribution in [3.05, 3.63) is 138 Å². The van der Waals surface area contributed by atoms with E-state index in [1.54, 1.807) is 0 Å². The van der Waals surface area contributed by atoms with E-state index in [4.69, 9.17) is 10.1 Å². The molecule has 4 nitrogen and oxygen atoms in total. The fraction of sp³-hybridized carbons (Fsp3) is 0.0882. The number of nitrogens with zero attached hydrogens (tertiary/aromatic N) is 4. The number of pyridine rings is 2. The predicted molar refractivity (Wildman–Crippen MR) is 157 cm³/mol. The summed E-state index contributed by atoms with van der Waals surface area (Å²) < 4.78 is 1.86. The molecule has 0 fully saturated rings. The van der Waals surface area contributed by atoms with E-state index >= 15 is 0 Å². The number of fused-ring (bicyclic) bond motifs is 2. The lowest BCUT2D eigenvalue weighted by molar-refractivity contribution is 0.967. The highest BCUT2D eigenvalue weighted by Crippen LogP contribution is 2.32. The van der Waals surface area contributed by atoms with Gasteiger partial charge in [-0.25, -0.2) is 9.50 Å². The van der Waals surface area contributed by atoms with Gasteiger partial charge in [0.25, 0.3) is 0 Å². The lowest BCUT2D eigenvalue weighted by Gasteiger charge is -2.14. The Morgan fingerprint density at radius 1 is 0.789 bits per heavy atom. The van der Waals surface area contributed by atoms with E-state index in [0.717, 1.165) is 38.8 Å². The van der Waals surface area contributed by atoms with Crippen molar-refractivity contribution in [3.8, 4) is 22.5 Å². The van der Waals surface area contributed by atoms with Crippen molar-refractivity contribution in [2.75, 3.05) is 0 Å². The summed E-state index contributed by atoms with van der Waals surface area (Å²) in [4.78, 5) is 9.44. The van der Waals surface area contributed by atoms with E-state index in [2.05, 4.69) is 98.6 Å². The molecule has 0 amide bonds. The van der Waals surface area contributed by atoms with Gasteiger partial charge in [-0.3, -0.25) is 4.98 Å². The van der Waals surface area contributed by atoms with Crippen LogP contribution in [0.25, 0.3) is 44.6 Å². The number of benzene rings is 3. The maximum atomic E-state index is 4.79. The number of aromatic nitrogens is 4. The third-order valence-corrected chi connectivity index (χ3v) is 7.04. The lowest BCUT2D eigenvalue weighted by Crippen LogP contribution is -1.95. The van der Waals surface area contributed by atoms with Gasteiger partial charge in [0, 0.05) is 28.9 Å². The molecule has 3 aromatic carbocycles. The van der Waals surface area contributed by atoms with Crippen LogP contribution in [0.15, 0.2) is 121 Å². The van der Waals surface area contributed by atoms with Gasteiger partial charge in [0.2, 0.25) is 0 Å². The first kappa shape index (κ1) is 23.6. The van der Waals surface area contributed by atoms with Gasteiger partial charge in [-0.2, -0.15) is 0 Å². The van der Waals surface area contributed by atoms with Gasteiger partial charge >= 0.3 is 0 Å². The molecule has 0 unspecified atom stereocenters. The Morgan fingerprint density at radius 3 is 2.37 bits per heavy atom. The SMILES string of the molecule is C/C=C(C)/C=C(/c1ccc(-c2nc3ccc(-c4ccccc4)cn3n2)cc1)c1ccc2cccnc2c1C. The minimum atomic E-state index is 0.711. The van der Waals surface area contributed by atoms with Crippen molar-refractivity contribution in [1.82, 2.24) is 19.6 Å². The first-order chi connectivity index (χ1) is 18.6. The fourth-order valence-electron chi connectivity index (χ4n) is 4.82. The van der Waals surface area contributed by atoms with E-state index < -0.39 is 0 Å². The van der Waals surface area contributed by atoms with Gasteiger partial charge in [-0.15, -0.1) is 5.10 Å². The normalized spacial score (nSPS) is 12.4. The van der Waals surface area contributed by atoms with E-state index in [-0.39, 0.29) is 0 Å². The summed E-state index contributed by atoms with van der Waals surface area (Å²) in [6.07, 6.45) is 8.28. The van der Waals surface area contributed by atoms with E-state index in [9.17, 15) is 0 Å². The van der Waals surface area contributed by atoms with Crippen molar-refractivity contribution in [2.24, 2.45) is 0 Å². The molecule has 4 heteroatoms. The molecule has 0 bridgehead atoms. The third kappa shape index (κ3) is 4.41. The number of aryl methyl sites for hydroxylation is 1. The van der Waals surface area contributed by atoms with Crippen LogP contribution in [-0.4, -0.2) is 19.6 Å². The van der Waals surface area contributed by atoms with E-state index in [1.165, 1.54) is 22.3 Å². The Labute approximate surface area is 222 Å². The maximum Gasteiger partial charge on any atom is 0.182 e. The lowest BCUT2D eigenvalue weighted by atomic mass is 9.91.